The average Bonchev–Trinajstić information content (AvgIpc) is 2.16. The minimum Gasteiger partial charge on any atom is -0.300 e. The second kappa shape index (κ2) is 9.23. The molecule has 0 saturated heterocycles. The lowest BCUT2D eigenvalue weighted by molar-refractivity contribution is -0.121. The second-order valence-corrected chi connectivity index (χ2v) is 4.35. The van der Waals surface area contributed by atoms with Crippen LogP contribution in [0, 0.1) is 5.92 Å². The van der Waals surface area contributed by atoms with Crippen LogP contribution in [-0.2, 0) is 4.79 Å². The summed E-state index contributed by atoms with van der Waals surface area (Å²) in [7, 11) is 0. The fraction of sp³-hybridized carbons (Fsp3) is 0.923. The van der Waals surface area contributed by atoms with Gasteiger partial charge in [-0.25, -0.2) is 0 Å². The van der Waals surface area contributed by atoms with E-state index in [0.29, 0.717) is 5.78 Å². The molecule has 0 N–H and O–H groups in total. The molecule has 1 unspecified atom stereocenters. The van der Waals surface area contributed by atoms with E-state index in [1.54, 1.807) is 0 Å². The van der Waals surface area contributed by atoms with Crippen molar-refractivity contribution < 1.29 is 4.79 Å². The van der Waals surface area contributed by atoms with Gasteiger partial charge in [0.1, 0.15) is 5.78 Å². The molecule has 1 aliphatic carbocycles. The van der Waals surface area contributed by atoms with Gasteiger partial charge in [0.2, 0.25) is 0 Å². The lowest BCUT2D eigenvalue weighted by atomic mass is 9.85. The van der Waals surface area contributed by atoms with Crippen molar-refractivity contribution in [1.29, 1.82) is 0 Å². The molecule has 0 radical (unpaired) electrons. The molecule has 1 atom stereocenters. The quantitative estimate of drug-likeness (QED) is 0.659. The van der Waals surface area contributed by atoms with Gasteiger partial charge in [0.25, 0.3) is 0 Å². The van der Waals surface area contributed by atoms with Crippen LogP contribution in [0.15, 0.2) is 0 Å². The number of unbranched alkanes of at least 4 members (excludes halogenated alkanes) is 1. The molecule has 0 aliphatic heterocycles. The minimum atomic E-state index is 0.498. The van der Waals surface area contributed by atoms with Gasteiger partial charge in [-0.05, 0) is 18.8 Å². The Morgan fingerprint density at radius 1 is 1.29 bits per heavy atom. The summed E-state index contributed by atoms with van der Waals surface area (Å²) in [6.07, 6.45) is 9.27. The van der Waals surface area contributed by atoms with Crippen molar-refractivity contribution in [3.8, 4) is 0 Å². The van der Waals surface area contributed by atoms with Crippen molar-refractivity contribution in [2.45, 2.75) is 72.1 Å². The summed E-state index contributed by atoms with van der Waals surface area (Å²) < 4.78 is 0. The van der Waals surface area contributed by atoms with Gasteiger partial charge in [0.05, 0.1) is 0 Å². The van der Waals surface area contributed by atoms with E-state index in [2.05, 4.69) is 20.8 Å². The predicted octanol–water partition coefficient (Wildman–Crippen LogP) is 4.35. The minimum absolute atomic E-state index is 0.498. The van der Waals surface area contributed by atoms with Crippen LogP contribution in [0.4, 0.5) is 0 Å². The van der Waals surface area contributed by atoms with E-state index in [9.17, 15) is 4.79 Å². The van der Waals surface area contributed by atoms with E-state index < -0.39 is 0 Å². The molecule has 84 valence electrons. The lowest BCUT2D eigenvalue weighted by Crippen LogP contribution is -2.14. The van der Waals surface area contributed by atoms with Crippen molar-refractivity contribution in [2.75, 3.05) is 0 Å². The van der Waals surface area contributed by atoms with Gasteiger partial charge >= 0.3 is 0 Å². The van der Waals surface area contributed by atoms with Crippen molar-refractivity contribution in [3.63, 3.8) is 0 Å². The highest BCUT2D eigenvalue weighted by Crippen LogP contribution is 2.25. The van der Waals surface area contributed by atoms with Crippen LogP contribution in [0.3, 0.4) is 0 Å². The average molecular weight is 198 g/mol. The molecule has 1 fully saturated rings. The van der Waals surface area contributed by atoms with Gasteiger partial charge in [-0.15, -0.1) is 0 Å². The molecule has 1 nitrogen and oxygen atoms in total. The van der Waals surface area contributed by atoms with Gasteiger partial charge in [-0.3, -0.25) is 4.79 Å². The first kappa shape index (κ1) is 13.7. The van der Waals surface area contributed by atoms with E-state index in [0.717, 1.165) is 25.2 Å². The molecule has 0 heterocycles. The highest BCUT2D eigenvalue weighted by molar-refractivity contribution is 5.79. The molecule has 0 aromatic rings. The van der Waals surface area contributed by atoms with Crippen LogP contribution in [0.25, 0.3) is 0 Å². The van der Waals surface area contributed by atoms with Gasteiger partial charge < -0.3 is 0 Å². The molecule has 1 saturated carbocycles. The van der Waals surface area contributed by atoms with Crippen LogP contribution < -0.4 is 0 Å². The Kier molecular flexibility index (Phi) is 9.02. The topological polar surface area (TPSA) is 17.1 Å². The maximum absolute atomic E-state index is 11.0. The molecule has 0 aromatic carbocycles. The van der Waals surface area contributed by atoms with E-state index >= 15 is 0 Å². The fourth-order valence-electron chi connectivity index (χ4n) is 1.85. The van der Waals surface area contributed by atoms with Crippen LogP contribution in [0.2, 0.25) is 0 Å². The number of hydrogen-bond donors (Lipinski definition) is 0. The fourth-order valence-corrected chi connectivity index (χ4v) is 1.85. The van der Waals surface area contributed by atoms with Gasteiger partial charge in [-0.2, -0.15) is 0 Å². The highest BCUT2D eigenvalue weighted by Gasteiger charge is 2.18. The van der Waals surface area contributed by atoms with Crippen molar-refractivity contribution >= 4 is 5.78 Å². The normalized spacial score (nSPS) is 21.4. The number of Topliss-reactive ketones (excluding diaryl/α,β-unsaturated/α-hetero) is 1. The lowest BCUT2D eigenvalue weighted by Gasteiger charge is -2.19. The Balaban J connectivity index is 0.000000500. The van der Waals surface area contributed by atoms with Crippen molar-refractivity contribution in [2.24, 2.45) is 5.92 Å². The zero-order chi connectivity index (χ0) is 10.8. The molecule has 0 bridgehead atoms. The maximum Gasteiger partial charge on any atom is 0.133 e. The highest BCUT2D eigenvalue weighted by atomic mass is 16.1. The molecular weight excluding hydrogens is 172 g/mol. The largest absolute Gasteiger partial charge is 0.300 e. The molecule has 1 rings (SSSR count). The Labute approximate surface area is 89.3 Å². The number of ketones is 1. The number of rotatable bonds is 3. The summed E-state index contributed by atoms with van der Waals surface area (Å²) in [6.45, 7) is 6.46. The van der Waals surface area contributed by atoms with E-state index in [4.69, 9.17) is 0 Å². The first-order valence-corrected chi connectivity index (χ1v) is 6.26. The number of carbonyl (C=O) groups is 1. The van der Waals surface area contributed by atoms with Crippen LogP contribution in [0.5, 0.6) is 0 Å². The number of hydrogen-bond acceptors (Lipinski definition) is 1. The van der Waals surface area contributed by atoms with Crippen LogP contribution in [-0.4, -0.2) is 5.78 Å². The summed E-state index contributed by atoms with van der Waals surface area (Å²) in [5.41, 5.74) is 0. The van der Waals surface area contributed by atoms with E-state index in [-0.39, 0.29) is 0 Å². The van der Waals surface area contributed by atoms with Crippen molar-refractivity contribution in [3.05, 3.63) is 0 Å². The molecule has 1 heteroatoms. The predicted molar refractivity (Wildman–Crippen MR) is 62.5 cm³/mol. The summed E-state index contributed by atoms with van der Waals surface area (Å²) in [4.78, 5) is 11.0. The third kappa shape index (κ3) is 7.11. The Morgan fingerprint density at radius 2 is 1.93 bits per heavy atom. The third-order valence-corrected chi connectivity index (χ3v) is 2.55. The Hall–Kier alpha value is -0.330. The van der Waals surface area contributed by atoms with Gasteiger partial charge in [0, 0.05) is 12.8 Å². The second-order valence-electron chi connectivity index (χ2n) is 4.35. The molecule has 0 amide bonds. The molecule has 0 spiro atoms. The molecule has 0 aromatic heterocycles. The van der Waals surface area contributed by atoms with E-state index in [1.165, 1.54) is 32.1 Å². The zero-order valence-electron chi connectivity index (χ0n) is 10.1. The van der Waals surface area contributed by atoms with Crippen LogP contribution in [0.1, 0.15) is 72.1 Å². The zero-order valence-corrected chi connectivity index (χ0v) is 10.1. The third-order valence-electron chi connectivity index (χ3n) is 2.55. The Morgan fingerprint density at radius 3 is 2.43 bits per heavy atom. The van der Waals surface area contributed by atoms with Gasteiger partial charge in [0.15, 0.2) is 0 Å². The van der Waals surface area contributed by atoms with Crippen LogP contribution >= 0.6 is 0 Å². The van der Waals surface area contributed by atoms with Crippen molar-refractivity contribution in [1.82, 2.24) is 0 Å². The standard InChI is InChI=1S/C10H18O.C3H8/c1-2-3-5-9-6-4-7-10(11)8-9;1-3-2/h9H,2-8H2,1H3;3H2,1-2H3. The summed E-state index contributed by atoms with van der Waals surface area (Å²) in [5, 5.41) is 0. The SMILES string of the molecule is CCC.CCCCC1CCCC(=O)C1. The van der Waals surface area contributed by atoms with Gasteiger partial charge in [-0.1, -0.05) is 46.5 Å². The maximum atomic E-state index is 11.0. The first-order chi connectivity index (χ1) is 6.74. The monoisotopic (exact) mass is 198 g/mol. The molecule has 1 aliphatic rings. The molecule has 14 heavy (non-hydrogen) atoms. The smallest absolute Gasteiger partial charge is 0.133 e. The first-order valence-electron chi connectivity index (χ1n) is 6.26. The number of carbonyl (C=O) groups excluding carboxylic acids is 1. The summed E-state index contributed by atoms with van der Waals surface area (Å²) in [5.74, 6) is 1.23. The molecular formula is C13H26O. The summed E-state index contributed by atoms with van der Waals surface area (Å²) in [6, 6.07) is 0. The van der Waals surface area contributed by atoms with E-state index in [1.807, 2.05) is 0 Å². The summed E-state index contributed by atoms with van der Waals surface area (Å²) >= 11 is 0. The Bertz CT molecular complexity index is 140.